The predicted octanol–water partition coefficient (Wildman–Crippen LogP) is 3.24. The van der Waals surface area contributed by atoms with E-state index in [1.165, 1.54) is 7.11 Å². The molecule has 190 valence electrons. The lowest BCUT2D eigenvalue weighted by molar-refractivity contribution is -0.131. The van der Waals surface area contributed by atoms with Gasteiger partial charge in [0, 0.05) is 18.3 Å². The van der Waals surface area contributed by atoms with Gasteiger partial charge in [-0.25, -0.2) is 22.7 Å². The van der Waals surface area contributed by atoms with Crippen molar-refractivity contribution < 1.29 is 22.6 Å². The van der Waals surface area contributed by atoms with E-state index in [0.717, 1.165) is 22.2 Å². The number of alkyl halides is 3. The molecule has 3 aromatic heterocycles. The van der Waals surface area contributed by atoms with Crippen molar-refractivity contribution in [1.82, 2.24) is 29.0 Å². The smallest absolute Gasteiger partial charge is 0.280 e. The molecule has 4 aromatic rings. The third-order valence-electron chi connectivity index (χ3n) is 7.00. The zero-order valence-electron chi connectivity index (χ0n) is 19.7. The summed E-state index contributed by atoms with van der Waals surface area (Å²) in [5.74, 6) is -2.61. The zero-order chi connectivity index (χ0) is 24.9. The van der Waals surface area contributed by atoms with Crippen molar-refractivity contribution >= 4 is 22.5 Å². The van der Waals surface area contributed by atoms with Crippen LogP contribution in [0.1, 0.15) is 6.42 Å². The normalized spacial score (nSPS) is 20.6. The van der Waals surface area contributed by atoms with Gasteiger partial charge in [-0.2, -0.15) is 4.98 Å². The van der Waals surface area contributed by atoms with E-state index >= 15 is 0 Å². The molecule has 12 heteroatoms. The summed E-state index contributed by atoms with van der Waals surface area (Å²) in [5, 5.41) is 7.30. The molecular weight excluding hydrogens is 475 g/mol. The number of benzene rings is 1. The molecular formula is C24H26F3N7O2. The highest BCUT2D eigenvalue weighted by Gasteiger charge is 2.47. The molecule has 2 aliphatic heterocycles. The molecule has 0 amide bonds. The maximum Gasteiger partial charge on any atom is 0.280 e. The third kappa shape index (κ3) is 3.94. The van der Waals surface area contributed by atoms with Crippen molar-refractivity contribution in [3.05, 3.63) is 36.8 Å². The Labute approximate surface area is 204 Å². The highest BCUT2D eigenvalue weighted by molar-refractivity contribution is 5.89. The molecule has 0 spiro atoms. The summed E-state index contributed by atoms with van der Waals surface area (Å²) < 4.78 is 56.9. The van der Waals surface area contributed by atoms with Crippen LogP contribution in [0.15, 0.2) is 36.8 Å². The molecule has 9 nitrogen and oxygen atoms in total. The number of fused-ring (bicyclic) bond motifs is 2. The van der Waals surface area contributed by atoms with E-state index < -0.39 is 18.6 Å². The summed E-state index contributed by atoms with van der Waals surface area (Å²) >= 11 is 0. The minimum absolute atomic E-state index is 0.0673. The maximum absolute atomic E-state index is 15.0. The fraction of sp³-hybridized carbons (Fsp3) is 0.458. The second kappa shape index (κ2) is 8.93. The summed E-state index contributed by atoms with van der Waals surface area (Å²) in [6, 6.07) is 6.55. The lowest BCUT2D eigenvalue weighted by Gasteiger charge is -2.44. The van der Waals surface area contributed by atoms with Crippen molar-refractivity contribution in [2.24, 2.45) is 0 Å². The number of piperidine rings is 1. The Bertz CT molecular complexity index is 1400. The van der Waals surface area contributed by atoms with Gasteiger partial charge < -0.3 is 19.4 Å². The average Bonchev–Trinajstić information content (AvgIpc) is 3.43. The number of methoxy groups -OCH3 is 1. The van der Waals surface area contributed by atoms with E-state index in [1.54, 1.807) is 26.5 Å². The molecule has 6 rings (SSSR count). The van der Waals surface area contributed by atoms with Gasteiger partial charge in [0.25, 0.3) is 5.92 Å². The first-order valence-electron chi connectivity index (χ1n) is 11.9. The summed E-state index contributed by atoms with van der Waals surface area (Å²) in [5.41, 5.74) is 3.83. The van der Waals surface area contributed by atoms with E-state index in [9.17, 15) is 13.2 Å². The highest BCUT2D eigenvalue weighted by Crippen LogP contribution is 2.35. The van der Waals surface area contributed by atoms with E-state index in [2.05, 4.69) is 20.4 Å². The van der Waals surface area contributed by atoms with Crippen LogP contribution < -0.4 is 10.1 Å². The number of nitrogens with one attached hydrogen (secondary N) is 1. The number of halogens is 3. The van der Waals surface area contributed by atoms with Crippen LogP contribution in [0.25, 0.3) is 27.7 Å². The van der Waals surface area contributed by atoms with Gasteiger partial charge in [-0.05, 0) is 30.2 Å². The Kier molecular flexibility index (Phi) is 5.72. The topological polar surface area (TPSA) is 81.7 Å². The van der Waals surface area contributed by atoms with Gasteiger partial charge in [0.2, 0.25) is 11.8 Å². The van der Waals surface area contributed by atoms with Gasteiger partial charge >= 0.3 is 0 Å². The number of aromatic nitrogens is 5. The molecule has 2 aliphatic rings. The number of aryl methyl sites for hydroxylation is 1. The van der Waals surface area contributed by atoms with Crippen LogP contribution in [0.5, 0.6) is 5.88 Å². The Balaban J connectivity index is 1.30. The van der Waals surface area contributed by atoms with Gasteiger partial charge in [0.15, 0.2) is 0 Å². The van der Waals surface area contributed by atoms with Crippen LogP contribution in [0.3, 0.4) is 0 Å². The highest BCUT2D eigenvalue weighted by atomic mass is 19.3. The number of rotatable bonds is 7. The van der Waals surface area contributed by atoms with Gasteiger partial charge in [-0.15, -0.1) is 5.10 Å². The zero-order valence-corrected chi connectivity index (χ0v) is 19.7. The Morgan fingerprint density at radius 2 is 2.11 bits per heavy atom. The van der Waals surface area contributed by atoms with Crippen LogP contribution in [0.2, 0.25) is 0 Å². The van der Waals surface area contributed by atoms with Gasteiger partial charge in [0.1, 0.15) is 12.2 Å². The number of nitrogens with zero attached hydrogens (tertiary/aromatic N) is 6. The first kappa shape index (κ1) is 23.0. The lowest BCUT2D eigenvalue weighted by Crippen LogP contribution is -2.61. The summed E-state index contributed by atoms with van der Waals surface area (Å²) in [6.07, 6.45) is 3.62. The predicted molar refractivity (Wildman–Crippen MR) is 127 cm³/mol. The Morgan fingerprint density at radius 3 is 2.83 bits per heavy atom. The van der Waals surface area contributed by atoms with E-state index in [4.69, 9.17) is 9.47 Å². The largest absolute Gasteiger partial charge is 0.479 e. The van der Waals surface area contributed by atoms with Crippen molar-refractivity contribution in [3.8, 4) is 17.0 Å². The third-order valence-corrected chi connectivity index (χ3v) is 7.00. The van der Waals surface area contributed by atoms with Gasteiger partial charge in [0.05, 0.1) is 62.9 Å². The molecule has 1 N–H and O–H groups in total. The van der Waals surface area contributed by atoms with Crippen LogP contribution in [-0.4, -0.2) is 87.1 Å². The monoisotopic (exact) mass is 501 g/mol. The number of hydrogen-bond donors (Lipinski definition) is 1. The number of imidazole rings is 1. The molecule has 0 bridgehead atoms. The minimum atomic E-state index is -2.95. The fourth-order valence-corrected chi connectivity index (χ4v) is 4.97. The van der Waals surface area contributed by atoms with Gasteiger partial charge in [-0.3, -0.25) is 4.90 Å². The first-order valence-corrected chi connectivity index (χ1v) is 11.9. The fourth-order valence-electron chi connectivity index (χ4n) is 4.97. The number of likely N-dealkylation sites (tertiary alicyclic amines) is 1. The van der Waals surface area contributed by atoms with Crippen molar-refractivity contribution in [1.29, 1.82) is 0 Å². The summed E-state index contributed by atoms with van der Waals surface area (Å²) in [4.78, 5) is 10.5. The van der Waals surface area contributed by atoms with Crippen LogP contribution in [-0.2, 0) is 11.3 Å². The number of ether oxygens (including phenoxy) is 2. The lowest BCUT2D eigenvalue weighted by atomic mass is 9.98. The Hall–Kier alpha value is -3.38. The second-order valence-electron chi connectivity index (χ2n) is 9.21. The molecule has 0 saturated carbocycles. The molecule has 0 unspecified atom stereocenters. The summed E-state index contributed by atoms with van der Waals surface area (Å²) in [6.45, 7) is 0.965. The molecule has 0 radical (unpaired) electrons. The van der Waals surface area contributed by atoms with Crippen LogP contribution >= 0.6 is 0 Å². The van der Waals surface area contributed by atoms with Crippen LogP contribution in [0, 0.1) is 0 Å². The molecule has 2 saturated heterocycles. The standard InChI is InChI=1S/C24H26F3N7O2/c1-35-22-21-17(15-2-3-18-19(10-15)33(9-6-25)14-28-18)4-8-34(21)31-23(30-22)29-20-5-7-32(13-24(20,26)27)16-11-36-12-16/h2-4,8,10,14,16,20H,5-7,9,11-13H2,1H3,(H,29,31)/t20-/m1/s1. The minimum Gasteiger partial charge on any atom is -0.479 e. The molecule has 2 fully saturated rings. The maximum atomic E-state index is 15.0. The van der Waals surface area contributed by atoms with Gasteiger partial charge in [-0.1, -0.05) is 6.07 Å². The average molecular weight is 502 g/mol. The van der Waals surface area contributed by atoms with E-state index in [-0.39, 0.29) is 37.4 Å². The van der Waals surface area contributed by atoms with E-state index in [0.29, 0.717) is 25.3 Å². The molecule has 5 heterocycles. The molecule has 1 atom stereocenters. The van der Waals surface area contributed by atoms with Crippen molar-refractivity contribution in [2.75, 3.05) is 45.4 Å². The van der Waals surface area contributed by atoms with Crippen molar-refractivity contribution in [3.63, 3.8) is 0 Å². The van der Waals surface area contributed by atoms with Crippen molar-refractivity contribution in [2.45, 2.75) is 31.0 Å². The quantitative estimate of drug-likeness (QED) is 0.416. The second-order valence-corrected chi connectivity index (χ2v) is 9.21. The Morgan fingerprint density at radius 1 is 1.25 bits per heavy atom. The molecule has 36 heavy (non-hydrogen) atoms. The number of anilines is 1. The molecule has 1 aromatic carbocycles. The van der Waals surface area contributed by atoms with Crippen LogP contribution in [0.4, 0.5) is 19.1 Å². The molecule has 0 aliphatic carbocycles. The number of hydrogen-bond acceptors (Lipinski definition) is 7. The van der Waals surface area contributed by atoms with E-state index in [1.807, 2.05) is 24.3 Å². The summed E-state index contributed by atoms with van der Waals surface area (Å²) in [7, 11) is 1.48. The SMILES string of the molecule is COc1nc(N[C@@H]2CCN(C3COC3)CC2(F)F)nn2ccc(-c3ccc4ncn(CCF)c4c3)c12. The first-order chi connectivity index (χ1) is 17.5.